The summed E-state index contributed by atoms with van der Waals surface area (Å²) in [4.78, 5) is 4.31. The highest BCUT2D eigenvalue weighted by molar-refractivity contribution is 7.89. The lowest BCUT2D eigenvalue weighted by Crippen LogP contribution is -2.50. The molecule has 2 N–H and O–H groups in total. The summed E-state index contributed by atoms with van der Waals surface area (Å²) >= 11 is 0. The summed E-state index contributed by atoms with van der Waals surface area (Å²) in [5.41, 5.74) is 1.02. The van der Waals surface area contributed by atoms with Crippen molar-refractivity contribution in [1.29, 1.82) is 0 Å². The molecular formula is C20H31FN4O2S. The lowest BCUT2D eigenvalue weighted by molar-refractivity contribution is 0.306. The lowest BCUT2D eigenvalue weighted by atomic mass is 9.96. The number of guanidine groups is 1. The predicted molar refractivity (Wildman–Crippen MR) is 110 cm³/mol. The lowest BCUT2D eigenvalue weighted by Gasteiger charge is -2.32. The van der Waals surface area contributed by atoms with Gasteiger partial charge in [-0.3, -0.25) is 4.99 Å². The summed E-state index contributed by atoms with van der Waals surface area (Å²) in [5.74, 6) is 0.741. The summed E-state index contributed by atoms with van der Waals surface area (Å²) in [5, 5.41) is 6.80. The largest absolute Gasteiger partial charge is 0.356 e. The minimum Gasteiger partial charge on any atom is -0.356 e. The van der Waals surface area contributed by atoms with Crippen LogP contribution in [0.3, 0.4) is 0 Å². The highest BCUT2D eigenvalue weighted by Crippen LogP contribution is 2.47. The van der Waals surface area contributed by atoms with Gasteiger partial charge in [-0.25, -0.2) is 17.1 Å². The molecule has 6 nitrogen and oxygen atoms in total. The first-order valence-electron chi connectivity index (χ1n) is 10.1. The molecule has 0 unspecified atom stereocenters. The molecule has 156 valence electrons. The molecule has 1 heterocycles. The van der Waals surface area contributed by atoms with Gasteiger partial charge in [-0.1, -0.05) is 19.1 Å². The topological polar surface area (TPSA) is 73.8 Å². The van der Waals surface area contributed by atoms with Gasteiger partial charge < -0.3 is 10.6 Å². The average Bonchev–Trinajstić information content (AvgIpc) is 3.47. The number of benzene rings is 1. The average molecular weight is 411 g/mol. The number of aliphatic imine (C=N–C) groups is 1. The molecule has 2 fully saturated rings. The number of sulfonamides is 1. The molecule has 1 aliphatic heterocycles. The van der Waals surface area contributed by atoms with Crippen molar-refractivity contribution in [3.8, 4) is 0 Å². The second-order valence-corrected chi connectivity index (χ2v) is 9.94. The monoisotopic (exact) mass is 410 g/mol. The molecule has 28 heavy (non-hydrogen) atoms. The molecule has 0 spiro atoms. The summed E-state index contributed by atoms with van der Waals surface area (Å²) in [6.07, 6.45) is 4.24. The van der Waals surface area contributed by atoms with Crippen LogP contribution in [0.1, 0.15) is 44.6 Å². The van der Waals surface area contributed by atoms with Crippen molar-refractivity contribution in [3.05, 3.63) is 35.6 Å². The molecule has 8 heteroatoms. The van der Waals surface area contributed by atoms with Crippen molar-refractivity contribution < 1.29 is 12.8 Å². The van der Waals surface area contributed by atoms with E-state index in [0.717, 1.165) is 37.2 Å². The normalized spacial score (nSPS) is 20.8. The fourth-order valence-corrected chi connectivity index (χ4v) is 5.38. The van der Waals surface area contributed by atoms with E-state index in [9.17, 15) is 12.8 Å². The molecule has 1 saturated heterocycles. The minimum atomic E-state index is -3.12. The SMILES string of the molecule is CCCS(=O)(=O)N1CCC(NC(=NC)NCC2(c3cccc(F)c3)CC2)CC1. The van der Waals surface area contributed by atoms with Gasteiger partial charge in [0.25, 0.3) is 0 Å². The van der Waals surface area contributed by atoms with Gasteiger partial charge in [-0.2, -0.15) is 0 Å². The number of nitrogens with one attached hydrogen (secondary N) is 2. The van der Waals surface area contributed by atoms with Crippen molar-refractivity contribution in [2.75, 3.05) is 32.4 Å². The Morgan fingerprint density at radius 2 is 2.04 bits per heavy atom. The van der Waals surface area contributed by atoms with Crippen molar-refractivity contribution >= 4 is 16.0 Å². The van der Waals surface area contributed by atoms with Gasteiger partial charge >= 0.3 is 0 Å². The molecule has 3 rings (SSSR count). The van der Waals surface area contributed by atoms with E-state index in [1.807, 2.05) is 13.0 Å². The molecule has 1 aliphatic carbocycles. The first-order valence-corrected chi connectivity index (χ1v) is 11.7. The summed E-state index contributed by atoms with van der Waals surface area (Å²) < 4.78 is 39.5. The molecule has 1 aromatic rings. The number of rotatable bonds is 7. The standard InChI is InChI=1S/C20H31FN4O2S/c1-3-13-28(26,27)25-11-7-18(8-12-25)24-19(22-2)23-15-20(9-10-20)16-5-4-6-17(21)14-16/h4-6,14,18H,3,7-13,15H2,1-2H3,(H2,22,23,24). The summed E-state index contributed by atoms with van der Waals surface area (Å²) in [7, 11) is -1.38. The fraction of sp³-hybridized carbons (Fsp3) is 0.650. The third-order valence-electron chi connectivity index (χ3n) is 5.76. The van der Waals surface area contributed by atoms with Crippen LogP contribution in [0.4, 0.5) is 4.39 Å². The van der Waals surface area contributed by atoms with E-state index in [2.05, 4.69) is 15.6 Å². The Morgan fingerprint density at radius 3 is 2.61 bits per heavy atom. The van der Waals surface area contributed by atoms with Crippen molar-refractivity contribution in [2.24, 2.45) is 4.99 Å². The fourth-order valence-electron chi connectivity index (χ4n) is 3.84. The van der Waals surface area contributed by atoms with E-state index in [-0.39, 0.29) is 23.0 Å². The van der Waals surface area contributed by atoms with Gasteiger partial charge in [0.15, 0.2) is 5.96 Å². The number of hydrogen-bond acceptors (Lipinski definition) is 3. The number of nitrogens with zero attached hydrogens (tertiary/aromatic N) is 2. The van der Waals surface area contributed by atoms with E-state index in [1.165, 1.54) is 6.07 Å². The number of piperidine rings is 1. The van der Waals surface area contributed by atoms with Gasteiger partial charge in [0.05, 0.1) is 5.75 Å². The zero-order chi connectivity index (χ0) is 20.2. The van der Waals surface area contributed by atoms with Crippen molar-refractivity contribution in [3.63, 3.8) is 0 Å². The highest BCUT2D eigenvalue weighted by Gasteiger charge is 2.44. The van der Waals surface area contributed by atoms with Gasteiger partial charge in [0.2, 0.25) is 10.0 Å². The van der Waals surface area contributed by atoms with Gasteiger partial charge in [-0.05, 0) is 49.8 Å². The summed E-state index contributed by atoms with van der Waals surface area (Å²) in [6, 6.07) is 7.04. The molecule has 0 atom stereocenters. The molecular weight excluding hydrogens is 379 g/mol. The van der Waals surface area contributed by atoms with E-state index in [4.69, 9.17) is 0 Å². The first kappa shape index (κ1) is 21.0. The van der Waals surface area contributed by atoms with Crippen LogP contribution in [0.2, 0.25) is 0 Å². The van der Waals surface area contributed by atoms with E-state index in [1.54, 1.807) is 23.5 Å². The van der Waals surface area contributed by atoms with Crippen LogP contribution in [0, 0.1) is 5.82 Å². The van der Waals surface area contributed by atoms with Crippen LogP contribution in [0.5, 0.6) is 0 Å². The second kappa shape index (κ2) is 8.78. The zero-order valence-corrected chi connectivity index (χ0v) is 17.6. The Balaban J connectivity index is 1.50. The molecule has 1 saturated carbocycles. The van der Waals surface area contributed by atoms with E-state index < -0.39 is 10.0 Å². The zero-order valence-electron chi connectivity index (χ0n) is 16.7. The molecule has 0 aromatic heterocycles. The molecule has 0 bridgehead atoms. The maximum Gasteiger partial charge on any atom is 0.214 e. The Hall–Kier alpha value is -1.67. The van der Waals surface area contributed by atoms with Crippen LogP contribution in [0.25, 0.3) is 0 Å². The quantitative estimate of drug-likeness (QED) is 0.534. The Bertz CT molecular complexity index is 800. The third kappa shape index (κ3) is 5.03. The van der Waals surface area contributed by atoms with Gasteiger partial charge in [0, 0.05) is 38.1 Å². The van der Waals surface area contributed by atoms with Gasteiger partial charge in [-0.15, -0.1) is 0 Å². The van der Waals surface area contributed by atoms with Gasteiger partial charge in [0.1, 0.15) is 5.82 Å². The van der Waals surface area contributed by atoms with Crippen LogP contribution in [-0.2, 0) is 15.4 Å². The predicted octanol–water partition coefficient (Wildman–Crippen LogP) is 2.23. The molecule has 1 aromatic carbocycles. The van der Waals surface area contributed by atoms with E-state index >= 15 is 0 Å². The first-order chi connectivity index (χ1) is 13.4. The van der Waals surface area contributed by atoms with Crippen LogP contribution in [-0.4, -0.2) is 57.2 Å². The third-order valence-corrected chi connectivity index (χ3v) is 7.83. The Kier molecular flexibility index (Phi) is 6.60. The maximum absolute atomic E-state index is 13.6. The smallest absolute Gasteiger partial charge is 0.214 e. The minimum absolute atomic E-state index is 0.0166. The Labute approximate surface area is 167 Å². The van der Waals surface area contributed by atoms with Crippen LogP contribution in [0.15, 0.2) is 29.3 Å². The molecule has 0 radical (unpaired) electrons. The molecule has 0 amide bonds. The maximum atomic E-state index is 13.6. The van der Waals surface area contributed by atoms with Crippen LogP contribution >= 0.6 is 0 Å². The second-order valence-electron chi connectivity index (χ2n) is 7.85. The van der Waals surface area contributed by atoms with E-state index in [0.29, 0.717) is 26.1 Å². The van der Waals surface area contributed by atoms with Crippen LogP contribution < -0.4 is 10.6 Å². The molecule has 2 aliphatic rings. The van der Waals surface area contributed by atoms with Crippen molar-refractivity contribution in [1.82, 2.24) is 14.9 Å². The number of halogens is 1. The number of hydrogen-bond donors (Lipinski definition) is 2. The highest BCUT2D eigenvalue weighted by atomic mass is 32.2. The summed E-state index contributed by atoms with van der Waals surface area (Å²) in [6.45, 7) is 3.69. The van der Waals surface area contributed by atoms with Crippen molar-refractivity contribution in [2.45, 2.75) is 50.5 Å². The Morgan fingerprint density at radius 1 is 1.32 bits per heavy atom.